The maximum Gasteiger partial charge on any atom is 0.126 e. The largest absolute Gasteiger partial charge is 0.368 e. The van der Waals surface area contributed by atoms with Crippen LogP contribution in [-0.4, -0.2) is 24.1 Å². The quantitative estimate of drug-likeness (QED) is 0.899. The van der Waals surface area contributed by atoms with Crippen LogP contribution in [-0.2, 0) is 0 Å². The number of nitrogens with one attached hydrogen (secondary N) is 2. The van der Waals surface area contributed by atoms with Crippen molar-refractivity contribution in [3.05, 3.63) is 22.3 Å². The monoisotopic (exact) mass is 311 g/mol. The number of aryl methyl sites for hydroxylation is 1. The molecule has 1 saturated heterocycles. The van der Waals surface area contributed by atoms with E-state index in [4.69, 9.17) is 0 Å². The Hall–Kier alpha value is -0.610. The minimum Gasteiger partial charge on any atom is -0.368 e. The minimum atomic E-state index is 0.357. The molecular weight excluding hydrogens is 290 g/mol. The summed E-state index contributed by atoms with van der Waals surface area (Å²) >= 11 is 3.47. The Morgan fingerprint density at radius 3 is 3.00 bits per heavy atom. The molecule has 2 heterocycles. The third-order valence-electron chi connectivity index (χ3n) is 3.87. The summed E-state index contributed by atoms with van der Waals surface area (Å²) in [7, 11) is 0. The highest BCUT2D eigenvalue weighted by molar-refractivity contribution is 9.10. The molecular formula is C14H22BrN3. The van der Waals surface area contributed by atoms with Gasteiger partial charge < -0.3 is 10.6 Å². The molecule has 18 heavy (non-hydrogen) atoms. The van der Waals surface area contributed by atoms with Crippen LogP contribution in [0.4, 0.5) is 5.82 Å². The molecule has 4 heteroatoms. The molecule has 3 nitrogen and oxygen atoms in total. The standard InChI is InChI=1S/C14H22BrN3/c1-10-7-13(17-8-11(10)15)18-9-12-14(2,3)5-4-6-16-12/h7-8,12,16H,4-6,9H2,1-3H3,(H,17,18). The van der Waals surface area contributed by atoms with Crippen molar-refractivity contribution in [3.8, 4) is 0 Å². The zero-order chi connectivity index (χ0) is 13.2. The first-order chi connectivity index (χ1) is 8.49. The van der Waals surface area contributed by atoms with Crippen molar-refractivity contribution in [1.82, 2.24) is 10.3 Å². The van der Waals surface area contributed by atoms with E-state index >= 15 is 0 Å². The molecule has 1 fully saturated rings. The highest BCUT2D eigenvalue weighted by Gasteiger charge is 2.31. The summed E-state index contributed by atoms with van der Waals surface area (Å²) < 4.78 is 1.06. The van der Waals surface area contributed by atoms with E-state index < -0.39 is 0 Å². The number of pyridine rings is 1. The van der Waals surface area contributed by atoms with Crippen LogP contribution in [0, 0.1) is 12.3 Å². The molecule has 1 unspecified atom stereocenters. The number of halogens is 1. The van der Waals surface area contributed by atoms with Gasteiger partial charge in [0.25, 0.3) is 0 Å². The highest BCUT2D eigenvalue weighted by Crippen LogP contribution is 2.30. The van der Waals surface area contributed by atoms with Crippen LogP contribution in [0.25, 0.3) is 0 Å². The fourth-order valence-electron chi connectivity index (χ4n) is 2.46. The molecule has 100 valence electrons. The number of nitrogens with zero attached hydrogens (tertiary/aromatic N) is 1. The lowest BCUT2D eigenvalue weighted by Crippen LogP contribution is -2.50. The molecule has 0 aromatic carbocycles. The van der Waals surface area contributed by atoms with Crippen molar-refractivity contribution in [1.29, 1.82) is 0 Å². The topological polar surface area (TPSA) is 37.0 Å². The Morgan fingerprint density at radius 2 is 2.33 bits per heavy atom. The Balaban J connectivity index is 1.96. The second-order valence-electron chi connectivity index (χ2n) is 5.80. The molecule has 0 amide bonds. The third-order valence-corrected chi connectivity index (χ3v) is 4.70. The maximum atomic E-state index is 4.39. The summed E-state index contributed by atoms with van der Waals surface area (Å²) in [5, 5.41) is 7.05. The molecule has 1 aromatic rings. The zero-order valence-electron chi connectivity index (χ0n) is 11.4. The number of aromatic nitrogens is 1. The number of hydrogen-bond donors (Lipinski definition) is 2. The van der Waals surface area contributed by atoms with Crippen molar-refractivity contribution >= 4 is 21.7 Å². The predicted octanol–water partition coefficient (Wildman–Crippen LogP) is 3.34. The lowest BCUT2D eigenvalue weighted by molar-refractivity contribution is 0.188. The van der Waals surface area contributed by atoms with E-state index in [2.05, 4.69) is 58.4 Å². The van der Waals surface area contributed by atoms with Crippen LogP contribution in [0.3, 0.4) is 0 Å². The lowest BCUT2D eigenvalue weighted by atomic mass is 9.77. The summed E-state index contributed by atoms with van der Waals surface area (Å²) in [6.45, 7) is 8.82. The number of hydrogen-bond acceptors (Lipinski definition) is 3. The molecule has 1 atom stereocenters. The Labute approximate surface area is 118 Å². The Morgan fingerprint density at radius 1 is 1.56 bits per heavy atom. The van der Waals surface area contributed by atoms with Crippen LogP contribution in [0.2, 0.25) is 0 Å². The summed E-state index contributed by atoms with van der Waals surface area (Å²) in [5.74, 6) is 0.957. The molecule has 0 radical (unpaired) electrons. The average molecular weight is 312 g/mol. The molecule has 1 aliphatic rings. The van der Waals surface area contributed by atoms with E-state index in [1.54, 1.807) is 0 Å². The maximum absolute atomic E-state index is 4.39. The second-order valence-corrected chi connectivity index (χ2v) is 6.65. The van der Waals surface area contributed by atoms with E-state index in [1.807, 2.05) is 6.20 Å². The first kappa shape index (κ1) is 13.8. The van der Waals surface area contributed by atoms with Gasteiger partial charge >= 0.3 is 0 Å². The molecule has 0 bridgehead atoms. The zero-order valence-corrected chi connectivity index (χ0v) is 13.0. The van der Waals surface area contributed by atoms with Gasteiger partial charge in [0, 0.05) is 23.3 Å². The SMILES string of the molecule is Cc1cc(NCC2NCCCC2(C)C)ncc1Br. The third kappa shape index (κ3) is 3.23. The van der Waals surface area contributed by atoms with Gasteiger partial charge in [0.1, 0.15) is 5.82 Å². The number of piperidine rings is 1. The van der Waals surface area contributed by atoms with E-state index in [1.165, 1.54) is 18.4 Å². The van der Waals surface area contributed by atoms with Crippen molar-refractivity contribution in [2.45, 2.75) is 39.7 Å². The van der Waals surface area contributed by atoms with Crippen LogP contribution in [0.1, 0.15) is 32.3 Å². The van der Waals surface area contributed by atoms with Crippen LogP contribution >= 0.6 is 15.9 Å². The normalized spacial score (nSPS) is 22.8. The first-order valence-corrected chi connectivity index (χ1v) is 7.38. The molecule has 1 aromatic heterocycles. The van der Waals surface area contributed by atoms with Crippen molar-refractivity contribution in [2.24, 2.45) is 5.41 Å². The Bertz CT molecular complexity index is 418. The van der Waals surface area contributed by atoms with Crippen LogP contribution in [0.5, 0.6) is 0 Å². The second kappa shape index (κ2) is 5.57. The molecule has 0 spiro atoms. The van der Waals surface area contributed by atoms with E-state index in [0.717, 1.165) is 23.4 Å². The van der Waals surface area contributed by atoms with E-state index in [0.29, 0.717) is 11.5 Å². The van der Waals surface area contributed by atoms with Crippen LogP contribution < -0.4 is 10.6 Å². The van der Waals surface area contributed by atoms with Gasteiger partial charge in [-0.25, -0.2) is 4.98 Å². The number of anilines is 1. The summed E-state index contributed by atoms with van der Waals surface area (Å²) in [6.07, 6.45) is 4.43. The number of rotatable bonds is 3. The minimum absolute atomic E-state index is 0.357. The van der Waals surface area contributed by atoms with Gasteiger partial charge in [-0.1, -0.05) is 13.8 Å². The van der Waals surface area contributed by atoms with Gasteiger partial charge in [0.15, 0.2) is 0 Å². The van der Waals surface area contributed by atoms with Gasteiger partial charge in [-0.2, -0.15) is 0 Å². The van der Waals surface area contributed by atoms with Gasteiger partial charge in [-0.05, 0) is 59.3 Å². The van der Waals surface area contributed by atoms with E-state index in [-0.39, 0.29) is 0 Å². The molecule has 2 N–H and O–H groups in total. The Kier molecular flexibility index (Phi) is 4.28. The first-order valence-electron chi connectivity index (χ1n) is 6.58. The van der Waals surface area contributed by atoms with Gasteiger partial charge in [-0.15, -0.1) is 0 Å². The predicted molar refractivity (Wildman–Crippen MR) is 80.0 cm³/mol. The van der Waals surface area contributed by atoms with Crippen molar-refractivity contribution in [3.63, 3.8) is 0 Å². The van der Waals surface area contributed by atoms with Crippen molar-refractivity contribution in [2.75, 3.05) is 18.4 Å². The lowest BCUT2D eigenvalue weighted by Gasteiger charge is -2.39. The highest BCUT2D eigenvalue weighted by atomic mass is 79.9. The summed E-state index contributed by atoms with van der Waals surface area (Å²) in [5.41, 5.74) is 1.57. The fourth-order valence-corrected chi connectivity index (χ4v) is 2.68. The molecule has 0 aliphatic carbocycles. The fraction of sp³-hybridized carbons (Fsp3) is 0.643. The van der Waals surface area contributed by atoms with Gasteiger partial charge in [-0.3, -0.25) is 0 Å². The molecule has 1 aliphatic heterocycles. The van der Waals surface area contributed by atoms with Gasteiger partial charge in [0.05, 0.1) is 0 Å². The summed E-state index contributed by atoms with van der Waals surface area (Å²) in [4.78, 5) is 4.39. The van der Waals surface area contributed by atoms with Crippen LogP contribution in [0.15, 0.2) is 16.7 Å². The molecule has 2 rings (SSSR count). The van der Waals surface area contributed by atoms with Gasteiger partial charge in [0.2, 0.25) is 0 Å². The molecule has 0 saturated carbocycles. The summed E-state index contributed by atoms with van der Waals surface area (Å²) in [6, 6.07) is 2.59. The van der Waals surface area contributed by atoms with Crippen molar-refractivity contribution < 1.29 is 0 Å². The smallest absolute Gasteiger partial charge is 0.126 e. The van der Waals surface area contributed by atoms with E-state index in [9.17, 15) is 0 Å². The average Bonchev–Trinajstić information content (AvgIpc) is 2.31.